The molecule has 5 heteroatoms. The molecule has 0 atom stereocenters. The van der Waals surface area contributed by atoms with Crippen LogP contribution in [0.5, 0.6) is 0 Å². The maximum absolute atomic E-state index is 12.5. The zero-order valence-corrected chi connectivity index (χ0v) is 12.8. The molecule has 2 amide bonds. The summed E-state index contributed by atoms with van der Waals surface area (Å²) < 4.78 is 0. The summed E-state index contributed by atoms with van der Waals surface area (Å²) in [5, 5.41) is 12.1. The fraction of sp³-hybridized carbons (Fsp3) is 0.875. The van der Waals surface area contributed by atoms with E-state index in [0.29, 0.717) is 13.1 Å². The quantitative estimate of drug-likeness (QED) is 0.818. The number of nitrogens with one attached hydrogen (secondary N) is 1. The number of carboxylic acids is 1. The largest absolute Gasteiger partial charge is 0.481 e. The number of aliphatic carboxylic acids is 1. The van der Waals surface area contributed by atoms with Crippen LogP contribution >= 0.6 is 0 Å². The molecular formula is C16H26N2O3. The van der Waals surface area contributed by atoms with Crippen molar-refractivity contribution in [2.45, 2.75) is 57.4 Å². The highest BCUT2D eigenvalue weighted by atomic mass is 16.4. The van der Waals surface area contributed by atoms with Crippen LogP contribution in [0.1, 0.15) is 51.9 Å². The molecule has 4 aliphatic carbocycles. The molecule has 4 saturated carbocycles. The van der Waals surface area contributed by atoms with E-state index in [0.717, 1.165) is 37.0 Å². The molecule has 0 aliphatic heterocycles. The first-order chi connectivity index (χ1) is 9.99. The molecule has 118 valence electrons. The summed E-state index contributed by atoms with van der Waals surface area (Å²) in [6.07, 6.45) is 7.45. The first-order valence-electron chi connectivity index (χ1n) is 8.28. The highest BCUT2D eigenvalue weighted by Gasteiger charge is 2.51. The Morgan fingerprint density at radius 1 is 1.14 bits per heavy atom. The molecule has 0 spiro atoms. The highest BCUT2D eigenvalue weighted by Crippen LogP contribution is 2.55. The maximum atomic E-state index is 12.5. The highest BCUT2D eigenvalue weighted by molar-refractivity contribution is 5.76. The van der Waals surface area contributed by atoms with Crippen molar-refractivity contribution in [1.82, 2.24) is 10.2 Å². The Bertz CT molecular complexity index is 400. The predicted octanol–water partition coefficient (Wildman–Crippen LogP) is 2.46. The summed E-state index contributed by atoms with van der Waals surface area (Å²) in [6.45, 7) is 2.76. The number of carbonyl (C=O) groups excluding carboxylic acids is 1. The van der Waals surface area contributed by atoms with Crippen LogP contribution in [-0.2, 0) is 4.79 Å². The third kappa shape index (κ3) is 3.01. The van der Waals surface area contributed by atoms with Crippen LogP contribution in [0.3, 0.4) is 0 Å². The molecule has 2 N–H and O–H groups in total. The normalized spacial score (nSPS) is 36.5. The van der Waals surface area contributed by atoms with E-state index in [1.807, 2.05) is 6.92 Å². The van der Waals surface area contributed by atoms with E-state index >= 15 is 0 Å². The molecule has 0 aromatic carbocycles. The van der Waals surface area contributed by atoms with E-state index in [1.54, 1.807) is 4.90 Å². The summed E-state index contributed by atoms with van der Waals surface area (Å²) in [5.41, 5.74) is 0.00246. The van der Waals surface area contributed by atoms with Gasteiger partial charge in [0.2, 0.25) is 0 Å². The zero-order chi connectivity index (χ0) is 15.0. The van der Waals surface area contributed by atoms with E-state index < -0.39 is 5.97 Å². The minimum Gasteiger partial charge on any atom is -0.481 e. The molecule has 0 unspecified atom stereocenters. The zero-order valence-electron chi connectivity index (χ0n) is 12.8. The molecule has 0 aromatic heterocycles. The Kier molecular flexibility index (Phi) is 3.84. The lowest BCUT2D eigenvalue weighted by Gasteiger charge is -2.57. The standard InChI is InChI=1S/C16H26N2O3/c1-2-18(4-3-14(19)20)15(21)17-16-8-11-5-12(9-16)7-13(6-11)10-16/h11-13H,2-10H2,1H3,(H,17,21)(H,19,20). The van der Waals surface area contributed by atoms with Crippen molar-refractivity contribution in [2.75, 3.05) is 13.1 Å². The summed E-state index contributed by atoms with van der Waals surface area (Å²) in [5.74, 6) is 1.54. The van der Waals surface area contributed by atoms with Gasteiger partial charge in [0.15, 0.2) is 0 Å². The van der Waals surface area contributed by atoms with E-state index in [2.05, 4.69) is 5.32 Å². The molecule has 4 bridgehead atoms. The molecule has 4 fully saturated rings. The minimum absolute atomic E-state index is 0.00246. The fourth-order valence-corrected chi connectivity index (χ4v) is 5.20. The van der Waals surface area contributed by atoms with Crippen molar-refractivity contribution in [3.8, 4) is 0 Å². The van der Waals surface area contributed by atoms with Crippen molar-refractivity contribution in [3.63, 3.8) is 0 Å². The lowest BCUT2D eigenvalue weighted by molar-refractivity contribution is -0.137. The summed E-state index contributed by atoms with van der Waals surface area (Å²) in [7, 11) is 0. The van der Waals surface area contributed by atoms with Gasteiger partial charge in [-0.05, 0) is 63.2 Å². The second-order valence-electron chi connectivity index (χ2n) is 7.35. The summed E-state index contributed by atoms with van der Waals surface area (Å²) in [6, 6.07) is -0.0688. The van der Waals surface area contributed by atoms with Crippen LogP contribution in [-0.4, -0.2) is 40.6 Å². The van der Waals surface area contributed by atoms with Crippen molar-refractivity contribution in [2.24, 2.45) is 17.8 Å². The van der Waals surface area contributed by atoms with Crippen LogP contribution in [0.2, 0.25) is 0 Å². The smallest absolute Gasteiger partial charge is 0.317 e. The molecule has 0 aromatic rings. The molecule has 21 heavy (non-hydrogen) atoms. The Morgan fingerprint density at radius 3 is 2.10 bits per heavy atom. The van der Waals surface area contributed by atoms with E-state index in [9.17, 15) is 9.59 Å². The van der Waals surface area contributed by atoms with Crippen LogP contribution < -0.4 is 5.32 Å². The first kappa shape index (κ1) is 14.7. The second-order valence-corrected chi connectivity index (χ2v) is 7.35. The van der Waals surface area contributed by atoms with Gasteiger partial charge in [-0.2, -0.15) is 0 Å². The molecule has 0 saturated heterocycles. The number of carbonyl (C=O) groups is 2. The average Bonchev–Trinajstić information content (AvgIpc) is 2.36. The Labute approximate surface area is 126 Å². The van der Waals surface area contributed by atoms with Gasteiger partial charge >= 0.3 is 12.0 Å². The van der Waals surface area contributed by atoms with Gasteiger partial charge in [-0.1, -0.05) is 0 Å². The van der Waals surface area contributed by atoms with Gasteiger partial charge in [0.25, 0.3) is 0 Å². The number of carboxylic acid groups (broad SMARTS) is 1. The fourth-order valence-electron chi connectivity index (χ4n) is 5.20. The summed E-state index contributed by atoms with van der Waals surface area (Å²) in [4.78, 5) is 24.8. The molecule has 4 rings (SSSR count). The lowest BCUT2D eigenvalue weighted by Crippen LogP contribution is -2.61. The second kappa shape index (κ2) is 5.50. The van der Waals surface area contributed by atoms with Crippen LogP contribution in [0.4, 0.5) is 4.79 Å². The number of hydrogen-bond acceptors (Lipinski definition) is 2. The van der Waals surface area contributed by atoms with Gasteiger partial charge in [-0.3, -0.25) is 4.79 Å². The molecule has 4 aliphatic rings. The van der Waals surface area contributed by atoms with Crippen molar-refractivity contribution in [1.29, 1.82) is 0 Å². The molecule has 0 radical (unpaired) electrons. The van der Waals surface area contributed by atoms with Crippen molar-refractivity contribution in [3.05, 3.63) is 0 Å². The van der Waals surface area contributed by atoms with E-state index in [1.165, 1.54) is 19.3 Å². The Morgan fingerprint density at radius 2 is 1.67 bits per heavy atom. The maximum Gasteiger partial charge on any atom is 0.317 e. The van der Waals surface area contributed by atoms with Crippen LogP contribution in [0, 0.1) is 17.8 Å². The Balaban J connectivity index is 1.62. The van der Waals surface area contributed by atoms with Gasteiger partial charge in [0, 0.05) is 18.6 Å². The topological polar surface area (TPSA) is 69.6 Å². The van der Waals surface area contributed by atoms with Gasteiger partial charge in [-0.15, -0.1) is 0 Å². The molecule has 5 nitrogen and oxygen atoms in total. The van der Waals surface area contributed by atoms with Crippen LogP contribution in [0.15, 0.2) is 0 Å². The van der Waals surface area contributed by atoms with Crippen molar-refractivity contribution >= 4 is 12.0 Å². The van der Waals surface area contributed by atoms with E-state index in [4.69, 9.17) is 5.11 Å². The monoisotopic (exact) mass is 294 g/mol. The van der Waals surface area contributed by atoms with Gasteiger partial charge in [0.05, 0.1) is 6.42 Å². The summed E-state index contributed by atoms with van der Waals surface area (Å²) >= 11 is 0. The number of amides is 2. The Hall–Kier alpha value is -1.26. The van der Waals surface area contributed by atoms with Crippen LogP contribution in [0.25, 0.3) is 0 Å². The molecular weight excluding hydrogens is 268 g/mol. The molecule has 0 heterocycles. The third-order valence-corrected chi connectivity index (χ3v) is 5.67. The van der Waals surface area contributed by atoms with Crippen molar-refractivity contribution < 1.29 is 14.7 Å². The first-order valence-corrected chi connectivity index (χ1v) is 8.28. The predicted molar refractivity (Wildman–Crippen MR) is 78.9 cm³/mol. The number of urea groups is 1. The average molecular weight is 294 g/mol. The van der Waals surface area contributed by atoms with Gasteiger partial charge in [-0.25, -0.2) is 4.79 Å². The van der Waals surface area contributed by atoms with E-state index in [-0.39, 0.29) is 18.0 Å². The SMILES string of the molecule is CCN(CCC(=O)O)C(=O)NC12CC3CC(CC(C3)C1)C2. The number of rotatable bonds is 5. The minimum atomic E-state index is -0.851. The van der Waals surface area contributed by atoms with Gasteiger partial charge < -0.3 is 15.3 Å². The number of nitrogens with zero attached hydrogens (tertiary/aromatic N) is 1. The third-order valence-electron chi connectivity index (χ3n) is 5.67. The van der Waals surface area contributed by atoms with Gasteiger partial charge in [0.1, 0.15) is 0 Å². The lowest BCUT2D eigenvalue weighted by atomic mass is 9.53. The number of hydrogen-bond donors (Lipinski definition) is 2.